The lowest BCUT2D eigenvalue weighted by molar-refractivity contribution is 0.291. The predicted molar refractivity (Wildman–Crippen MR) is 82.5 cm³/mol. The molecule has 1 atom stereocenters. The van der Waals surface area contributed by atoms with E-state index in [0.29, 0.717) is 5.92 Å². The number of nitrogens with one attached hydrogen (secondary N) is 1. The highest BCUT2D eigenvalue weighted by molar-refractivity contribution is 9.10. The van der Waals surface area contributed by atoms with E-state index < -0.39 is 0 Å². The van der Waals surface area contributed by atoms with Gasteiger partial charge < -0.3 is 9.88 Å². The quantitative estimate of drug-likeness (QED) is 0.933. The van der Waals surface area contributed by atoms with Crippen molar-refractivity contribution in [1.29, 1.82) is 0 Å². The number of hydrogen-bond acceptors (Lipinski definition) is 2. The van der Waals surface area contributed by atoms with Crippen molar-refractivity contribution in [3.63, 3.8) is 0 Å². The van der Waals surface area contributed by atoms with E-state index in [9.17, 15) is 0 Å². The molecule has 1 aliphatic heterocycles. The van der Waals surface area contributed by atoms with E-state index in [1.807, 2.05) is 0 Å². The van der Waals surface area contributed by atoms with Crippen LogP contribution in [0.25, 0.3) is 11.0 Å². The van der Waals surface area contributed by atoms with Crippen LogP contribution >= 0.6 is 15.9 Å². The molecule has 1 aliphatic rings. The van der Waals surface area contributed by atoms with Gasteiger partial charge in [0, 0.05) is 16.9 Å². The van der Waals surface area contributed by atoms with Gasteiger partial charge in [0.2, 0.25) is 0 Å². The van der Waals surface area contributed by atoms with Crippen LogP contribution in [0.4, 0.5) is 0 Å². The van der Waals surface area contributed by atoms with Crippen LogP contribution in [0.3, 0.4) is 0 Å². The van der Waals surface area contributed by atoms with Crippen LogP contribution in [0.1, 0.15) is 32.0 Å². The number of nitrogens with zero attached hydrogens (tertiary/aromatic N) is 2. The number of rotatable bonds is 4. The summed E-state index contributed by atoms with van der Waals surface area (Å²) in [5, 5.41) is 3.36. The van der Waals surface area contributed by atoms with E-state index in [0.717, 1.165) is 42.0 Å². The van der Waals surface area contributed by atoms with Gasteiger partial charge in [0.25, 0.3) is 0 Å². The zero-order valence-electron chi connectivity index (χ0n) is 11.5. The Morgan fingerprint density at radius 3 is 2.89 bits per heavy atom. The Kier molecular flexibility index (Phi) is 3.63. The van der Waals surface area contributed by atoms with Crippen LogP contribution in [0.15, 0.2) is 22.7 Å². The van der Waals surface area contributed by atoms with Gasteiger partial charge in [-0.05, 0) is 43.6 Å². The van der Waals surface area contributed by atoms with Gasteiger partial charge in [-0.15, -0.1) is 0 Å². The third-order valence-electron chi connectivity index (χ3n) is 4.11. The first-order chi connectivity index (χ1) is 9.20. The maximum Gasteiger partial charge on any atom is 0.113 e. The molecule has 2 heterocycles. The summed E-state index contributed by atoms with van der Waals surface area (Å²) in [6.45, 7) is 7.84. The summed E-state index contributed by atoms with van der Waals surface area (Å²) >= 11 is 3.54. The smallest absolute Gasteiger partial charge is 0.113 e. The van der Waals surface area contributed by atoms with Crippen LogP contribution < -0.4 is 5.32 Å². The standard InChI is InChI=1S/C15H20BrN3/c1-3-6-19-14-5-4-12(16)7-13(14)18-15(19)10(2)11-8-17-9-11/h4-5,7,10-11,17H,3,6,8-9H2,1-2H3. The molecule has 0 amide bonds. The first-order valence-corrected chi connectivity index (χ1v) is 7.86. The van der Waals surface area contributed by atoms with E-state index in [-0.39, 0.29) is 0 Å². The minimum Gasteiger partial charge on any atom is -0.328 e. The highest BCUT2D eigenvalue weighted by Crippen LogP contribution is 2.30. The number of aromatic nitrogens is 2. The van der Waals surface area contributed by atoms with Crippen molar-refractivity contribution in [3.8, 4) is 0 Å². The molecule has 3 nitrogen and oxygen atoms in total. The van der Waals surface area contributed by atoms with E-state index >= 15 is 0 Å². The molecule has 1 aromatic heterocycles. The van der Waals surface area contributed by atoms with E-state index in [1.54, 1.807) is 0 Å². The number of halogens is 1. The molecule has 0 bridgehead atoms. The Morgan fingerprint density at radius 2 is 2.26 bits per heavy atom. The lowest BCUT2D eigenvalue weighted by Crippen LogP contribution is -2.45. The van der Waals surface area contributed by atoms with Crippen LogP contribution in [0, 0.1) is 5.92 Å². The first-order valence-electron chi connectivity index (χ1n) is 7.07. The Bertz CT molecular complexity index is 586. The van der Waals surface area contributed by atoms with Gasteiger partial charge in [-0.2, -0.15) is 0 Å². The summed E-state index contributed by atoms with van der Waals surface area (Å²) < 4.78 is 3.51. The van der Waals surface area contributed by atoms with Crippen LogP contribution in [0.5, 0.6) is 0 Å². The maximum absolute atomic E-state index is 4.90. The van der Waals surface area contributed by atoms with Gasteiger partial charge in [-0.3, -0.25) is 0 Å². The molecule has 4 heteroatoms. The molecule has 19 heavy (non-hydrogen) atoms. The Balaban J connectivity index is 2.08. The molecule has 1 fully saturated rings. The predicted octanol–water partition coefficient (Wildman–Crippen LogP) is 3.53. The maximum atomic E-state index is 4.90. The van der Waals surface area contributed by atoms with E-state index in [4.69, 9.17) is 4.98 Å². The Labute approximate surface area is 122 Å². The normalized spacial score (nSPS) is 17.6. The fourth-order valence-electron chi connectivity index (χ4n) is 2.80. The molecule has 0 saturated carbocycles. The molecule has 1 N–H and O–H groups in total. The van der Waals surface area contributed by atoms with Crippen molar-refractivity contribution < 1.29 is 0 Å². The van der Waals surface area contributed by atoms with Gasteiger partial charge >= 0.3 is 0 Å². The number of benzene rings is 1. The molecular formula is C15H20BrN3. The lowest BCUT2D eigenvalue weighted by Gasteiger charge is -2.32. The second-order valence-electron chi connectivity index (χ2n) is 5.46. The van der Waals surface area contributed by atoms with Crippen molar-refractivity contribution in [3.05, 3.63) is 28.5 Å². The second-order valence-corrected chi connectivity index (χ2v) is 6.38. The molecule has 102 valence electrons. The van der Waals surface area contributed by atoms with Crippen LogP contribution in [-0.2, 0) is 6.54 Å². The first kappa shape index (κ1) is 13.1. The van der Waals surface area contributed by atoms with E-state index in [1.165, 1.54) is 11.3 Å². The minimum atomic E-state index is 0.527. The zero-order valence-corrected chi connectivity index (χ0v) is 13.1. The molecule has 1 saturated heterocycles. The molecular weight excluding hydrogens is 302 g/mol. The minimum absolute atomic E-state index is 0.527. The number of aryl methyl sites for hydroxylation is 1. The van der Waals surface area contributed by atoms with Gasteiger partial charge in [0.05, 0.1) is 11.0 Å². The molecule has 1 unspecified atom stereocenters. The van der Waals surface area contributed by atoms with Crippen molar-refractivity contribution in [2.75, 3.05) is 13.1 Å². The Hall–Kier alpha value is -0.870. The SMILES string of the molecule is CCCn1c(C(C)C2CNC2)nc2cc(Br)ccc21. The van der Waals surface area contributed by atoms with Gasteiger partial charge in [-0.25, -0.2) is 4.98 Å². The van der Waals surface area contributed by atoms with Gasteiger partial charge in [-0.1, -0.05) is 29.8 Å². The van der Waals surface area contributed by atoms with Gasteiger partial charge in [0.1, 0.15) is 5.82 Å². The summed E-state index contributed by atoms with van der Waals surface area (Å²) in [6, 6.07) is 6.41. The van der Waals surface area contributed by atoms with Crippen molar-refractivity contribution in [2.24, 2.45) is 5.92 Å². The van der Waals surface area contributed by atoms with Crippen LogP contribution in [0.2, 0.25) is 0 Å². The topological polar surface area (TPSA) is 29.9 Å². The molecule has 2 aromatic rings. The second kappa shape index (κ2) is 5.25. The molecule has 0 radical (unpaired) electrons. The van der Waals surface area contributed by atoms with Crippen molar-refractivity contribution >= 4 is 27.0 Å². The summed E-state index contributed by atoms with van der Waals surface area (Å²) in [5.74, 6) is 2.51. The average Bonchev–Trinajstić information content (AvgIpc) is 2.65. The fourth-order valence-corrected chi connectivity index (χ4v) is 3.15. The highest BCUT2D eigenvalue weighted by Gasteiger charge is 2.28. The third kappa shape index (κ3) is 2.32. The molecule has 1 aromatic carbocycles. The fraction of sp³-hybridized carbons (Fsp3) is 0.533. The number of imidazole rings is 1. The third-order valence-corrected chi connectivity index (χ3v) is 4.61. The molecule has 3 rings (SSSR count). The Morgan fingerprint density at radius 1 is 1.47 bits per heavy atom. The van der Waals surface area contributed by atoms with E-state index in [2.05, 4.69) is 57.9 Å². The molecule has 0 aliphatic carbocycles. The number of fused-ring (bicyclic) bond motifs is 1. The zero-order chi connectivity index (χ0) is 13.4. The monoisotopic (exact) mass is 321 g/mol. The summed E-state index contributed by atoms with van der Waals surface area (Å²) in [7, 11) is 0. The van der Waals surface area contributed by atoms with Crippen LogP contribution in [-0.4, -0.2) is 22.6 Å². The number of hydrogen-bond donors (Lipinski definition) is 1. The molecule has 0 spiro atoms. The highest BCUT2D eigenvalue weighted by atomic mass is 79.9. The largest absolute Gasteiger partial charge is 0.328 e. The summed E-state index contributed by atoms with van der Waals surface area (Å²) in [5.41, 5.74) is 2.37. The van der Waals surface area contributed by atoms with Crippen molar-refractivity contribution in [2.45, 2.75) is 32.7 Å². The summed E-state index contributed by atoms with van der Waals surface area (Å²) in [6.07, 6.45) is 1.14. The lowest BCUT2D eigenvalue weighted by atomic mass is 9.88. The average molecular weight is 322 g/mol. The summed E-state index contributed by atoms with van der Waals surface area (Å²) in [4.78, 5) is 4.90. The van der Waals surface area contributed by atoms with Gasteiger partial charge in [0.15, 0.2) is 0 Å². The van der Waals surface area contributed by atoms with Crippen molar-refractivity contribution in [1.82, 2.24) is 14.9 Å².